The number of nitrogens with one attached hydrogen (secondary N) is 2. The molecule has 0 fully saturated rings. The number of thioether (sulfide) groups is 1. The number of anilines is 2. The molecule has 0 saturated heterocycles. The SMILES string of the molecule is CCOC(=O)c1ccc(NC(=O)CSc2cccc(NC(=O)Cc3ccc(Cl)cc3)c2)cc1. The van der Waals surface area contributed by atoms with E-state index in [0.29, 0.717) is 28.6 Å². The Kier molecular flexibility index (Phi) is 8.92. The van der Waals surface area contributed by atoms with Crippen molar-refractivity contribution in [3.05, 3.63) is 88.9 Å². The van der Waals surface area contributed by atoms with Crippen LogP contribution in [0.4, 0.5) is 11.4 Å². The lowest BCUT2D eigenvalue weighted by Crippen LogP contribution is -2.15. The number of hydrogen-bond acceptors (Lipinski definition) is 5. The maximum absolute atomic E-state index is 12.3. The lowest BCUT2D eigenvalue weighted by Gasteiger charge is -2.09. The Balaban J connectivity index is 1.48. The van der Waals surface area contributed by atoms with Gasteiger partial charge in [0.25, 0.3) is 0 Å². The van der Waals surface area contributed by atoms with Crippen molar-refractivity contribution in [2.24, 2.45) is 0 Å². The second-order valence-electron chi connectivity index (χ2n) is 7.01. The van der Waals surface area contributed by atoms with Gasteiger partial charge in [0, 0.05) is 21.3 Å². The van der Waals surface area contributed by atoms with Crippen molar-refractivity contribution in [2.75, 3.05) is 23.0 Å². The summed E-state index contributed by atoms with van der Waals surface area (Å²) in [5.41, 5.74) is 2.55. The van der Waals surface area contributed by atoms with Crippen LogP contribution in [0.5, 0.6) is 0 Å². The molecule has 0 aliphatic heterocycles. The van der Waals surface area contributed by atoms with Gasteiger partial charge in [-0.1, -0.05) is 29.8 Å². The van der Waals surface area contributed by atoms with Crippen molar-refractivity contribution in [2.45, 2.75) is 18.2 Å². The van der Waals surface area contributed by atoms with Gasteiger partial charge in [0.2, 0.25) is 11.8 Å². The van der Waals surface area contributed by atoms with Crippen LogP contribution in [0.15, 0.2) is 77.7 Å². The van der Waals surface area contributed by atoms with Gasteiger partial charge in [-0.15, -0.1) is 11.8 Å². The lowest BCUT2D eigenvalue weighted by molar-refractivity contribution is -0.115. The van der Waals surface area contributed by atoms with Gasteiger partial charge in [0.15, 0.2) is 0 Å². The second-order valence-corrected chi connectivity index (χ2v) is 8.50. The van der Waals surface area contributed by atoms with Crippen LogP contribution in [-0.4, -0.2) is 30.1 Å². The molecule has 2 N–H and O–H groups in total. The molecule has 0 aromatic heterocycles. The van der Waals surface area contributed by atoms with Crippen LogP contribution in [0.25, 0.3) is 0 Å². The zero-order valence-corrected chi connectivity index (χ0v) is 19.5. The topological polar surface area (TPSA) is 84.5 Å². The minimum Gasteiger partial charge on any atom is -0.462 e. The Morgan fingerprint density at radius 2 is 1.58 bits per heavy atom. The first-order valence-electron chi connectivity index (χ1n) is 10.3. The molecule has 2 amide bonds. The number of esters is 1. The number of rotatable bonds is 9. The molecule has 3 aromatic carbocycles. The molecule has 0 aliphatic carbocycles. The van der Waals surface area contributed by atoms with Crippen molar-refractivity contribution in [3.63, 3.8) is 0 Å². The Bertz CT molecular complexity index is 1120. The molecule has 33 heavy (non-hydrogen) atoms. The summed E-state index contributed by atoms with van der Waals surface area (Å²) in [5, 5.41) is 6.30. The molecule has 8 heteroatoms. The van der Waals surface area contributed by atoms with Crippen LogP contribution in [-0.2, 0) is 20.7 Å². The van der Waals surface area contributed by atoms with Gasteiger partial charge in [-0.2, -0.15) is 0 Å². The average molecular weight is 483 g/mol. The molecule has 0 bridgehead atoms. The first kappa shape index (κ1) is 24.4. The zero-order chi connectivity index (χ0) is 23.6. The molecule has 0 heterocycles. The molecule has 6 nitrogen and oxygen atoms in total. The van der Waals surface area contributed by atoms with Gasteiger partial charge >= 0.3 is 5.97 Å². The van der Waals surface area contributed by atoms with Gasteiger partial charge in [-0.25, -0.2) is 4.79 Å². The number of hydrogen-bond donors (Lipinski definition) is 2. The third kappa shape index (κ3) is 7.97. The second kappa shape index (κ2) is 12.1. The highest BCUT2D eigenvalue weighted by atomic mass is 35.5. The van der Waals surface area contributed by atoms with Crippen molar-refractivity contribution < 1.29 is 19.1 Å². The summed E-state index contributed by atoms with van der Waals surface area (Å²) >= 11 is 7.23. The van der Waals surface area contributed by atoms with Crippen molar-refractivity contribution >= 4 is 52.5 Å². The first-order valence-corrected chi connectivity index (χ1v) is 11.6. The van der Waals surface area contributed by atoms with E-state index in [4.69, 9.17) is 16.3 Å². The number of ether oxygens (including phenoxy) is 1. The summed E-state index contributed by atoms with van der Waals surface area (Å²) in [6.07, 6.45) is 0.242. The van der Waals surface area contributed by atoms with E-state index < -0.39 is 5.97 Å². The Labute approximate surface area is 201 Å². The van der Waals surface area contributed by atoms with Gasteiger partial charge in [-0.05, 0) is 67.1 Å². The highest BCUT2D eigenvalue weighted by molar-refractivity contribution is 8.00. The maximum Gasteiger partial charge on any atom is 0.338 e. The molecule has 0 aliphatic rings. The average Bonchev–Trinajstić information content (AvgIpc) is 2.80. The summed E-state index contributed by atoms with van der Waals surface area (Å²) in [5.74, 6) is -0.516. The van der Waals surface area contributed by atoms with Crippen molar-refractivity contribution in [3.8, 4) is 0 Å². The smallest absolute Gasteiger partial charge is 0.338 e. The fraction of sp³-hybridized carbons (Fsp3) is 0.160. The molecule has 0 radical (unpaired) electrons. The van der Waals surface area contributed by atoms with Crippen molar-refractivity contribution in [1.29, 1.82) is 0 Å². The molecule has 170 valence electrons. The van der Waals surface area contributed by atoms with Crippen LogP contribution in [0, 0.1) is 0 Å². The Morgan fingerprint density at radius 3 is 2.27 bits per heavy atom. The molecule has 3 aromatic rings. The highest BCUT2D eigenvalue weighted by Crippen LogP contribution is 2.22. The summed E-state index contributed by atoms with van der Waals surface area (Å²) in [6.45, 7) is 2.05. The summed E-state index contributed by atoms with van der Waals surface area (Å²) < 4.78 is 4.94. The van der Waals surface area contributed by atoms with Crippen LogP contribution in [0.3, 0.4) is 0 Å². The third-order valence-corrected chi connectivity index (χ3v) is 5.69. The molecule has 0 atom stereocenters. The van der Waals surface area contributed by atoms with Gasteiger partial charge in [-0.3, -0.25) is 9.59 Å². The largest absolute Gasteiger partial charge is 0.462 e. The van der Waals surface area contributed by atoms with Gasteiger partial charge < -0.3 is 15.4 Å². The van der Waals surface area contributed by atoms with E-state index in [9.17, 15) is 14.4 Å². The van der Waals surface area contributed by atoms with E-state index >= 15 is 0 Å². The first-order chi connectivity index (χ1) is 15.9. The fourth-order valence-electron chi connectivity index (χ4n) is 2.91. The molecular formula is C25H23ClN2O4S. The number of halogens is 1. The van der Waals surface area contributed by atoms with Crippen LogP contribution >= 0.6 is 23.4 Å². The summed E-state index contributed by atoms with van der Waals surface area (Å²) in [4.78, 5) is 37.1. The Hall–Kier alpha value is -3.29. The van der Waals surface area contributed by atoms with Crippen LogP contribution in [0.2, 0.25) is 5.02 Å². The lowest BCUT2D eigenvalue weighted by atomic mass is 10.1. The predicted molar refractivity (Wildman–Crippen MR) is 132 cm³/mol. The standard InChI is InChI=1S/C25H23ClN2O4S/c1-2-32-25(31)18-8-12-20(13-9-18)27-24(30)16-33-22-5-3-4-21(15-22)28-23(29)14-17-6-10-19(26)11-7-17/h3-13,15H,2,14,16H2,1H3,(H,27,30)(H,28,29). The zero-order valence-electron chi connectivity index (χ0n) is 18.0. The molecule has 0 saturated carbocycles. The minimum atomic E-state index is -0.397. The molecular weight excluding hydrogens is 460 g/mol. The number of carbonyl (C=O) groups excluding carboxylic acids is 3. The van der Waals surface area contributed by atoms with Gasteiger partial charge in [0.05, 0.1) is 24.3 Å². The van der Waals surface area contributed by atoms with E-state index in [0.717, 1.165) is 10.5 Å². The quantitative estimate of drug-likeness (QED) is 0.314. The number of benzene rings is 3. The van der Waals surface area contributed by atoms with Crippen LogP contribution < -0.4 is 10.6 Å². The highest BCUT2D eigenvalue weighted by Gasteiger charge is 2.09. The fourth-order valence-corrected chi connectivity index (χ4v) is 3.79. The normalized spacial score (nSPS) is 10.4. The maximum atomic E-state index is 12.3. The Morgan fingerprint density at radius 1 is 0.879 bits per heavy atom. The van der Waals surface area contributed by atoms with E-state index in [1.807, 2.05) is 30.3 Å². The van der Waals surface area contributed by atoms with Gasteiger partial charge in [0.1, 0.15) is 0 Å². The third-order valence-electron chi connectivity index (χ3n) is 4.45. The molecule has 3 rings (SSSR count). The van der Waals surface area contributed by atoms with E-state index in [-0.39, 0.29) is 24.0 Å². The van der Waals surface area contributed by atoms with Crippen molar-refractivity contribution in [1.82, 2.24) is 0 Å². The van der Waals surface area contributed by atoms with Crippen LogP contribution in [0.1, 0.15) is 22.8 Å². The van der Waals surface area contributed by atoms with E-state index in [1.165, 1.54) is 11.8 Å². The number of amides is 2. The van der Waals surface area contributed by atoms with E-state index in [1.54, 1.807) is 49.4 Å². The molecule has 0 unspecified atom stereocenters. The van der Waals surface area contributed by atoms with E-state index in [2.05, 4.69) is 10.6 Å². The number of carbonyl (C=O) groups is 3. The monoisotopic (exact) mass is 482 g/mol. The summed E-state index contributed by atoms with van der Waals surface area (Å²) in [7, 11) is 0. The summed E-state index contributed by atoms with van der Waals surface area (Å²) in [6, 6.07) is 21.0. The predicted octanol–water partition coefficient (Wildman–Crippen LogP) is 5.43. The minimum absolute atomic E-state index is 0.136. The molecule has 0 spiro atoms.